The minimum Gasteiger partial charge on any atom is -0.253 e. The van der Waals surface area contributed by atoms with E-state index in [2.05, 4.69) is 15.2 Å². The maximum atomic E-state index is 15.2. The van der Waals surface area contributed by atoms with Crippen LogP contribution in [0.25, 0.3) is 16.6 Å². The SMILES string of the molecule is Fc1cc(C2C[C@@H]2c2cc(Cl)nn3ccnc23)c(F)c2c1cnn2CC(F)(F)F. The van der Waals surface area contributed by atoms with Crippen LogP contribution in [-0.4, -0.2) is 30.6 Å². The summed E-state index contributed by atoms with van der Waals surface area (Å²) in [4.78, 5) is 4.22. The van der Waals surface area contributed by atoms with Gasteiger partial charge >= 0.3 is 6.18 Å². The lowest BCUT2D eigenvalue weighted by Gasteiger charge is -2.11. The van der Waals surface area contributed by atoms with E-state index in [9.17, 15) is 17.6 Å². The van der Waals surface area contributed by atoms with E-state index < -0.39 is 35.8 Å². The molecule has 11 heteroatoms. The number of aromatic nitrogens is 5. The number of alkyl halides is 3. The van der Waals surface area contributed by atoms with Gasteiger partial charge in [0, 0.05) is 18.0 Å². The maximum absolute atomic E-state index is 15.2. The average molecular weight is 428 g/mol. The Balaban J connectivity index is 1.59. The van der Waals surface area contributed by atoms with Crippen LogP contribution >= 0.6 is 11.6 Å². The molecule has 3 heterocycles. The van der Waals surface area contributed by atoms with E-state index in [1.54, 1.807) is 18.5 Å². The van der Waals surface area contributed by atoms with Gasteiger partial charge in [-0.3, -0.25) is 4.68 Å². The Labute approximate surface area is 164 Å². The number of hydrogen-bond donors (Lipinski definition) is 0. The van der Waals surface area contributed by atoms with Gasteiger partial charge in [-0.05, 0) is 36.0 Å². The molecule has 0 saturated heterocycles. The molecule has 5 nitrogen and oxygen atoms in total. The van der Waals surface area contributed by atoms with Gasteiger partial charge in [-0.25, -0.2) is 18.3 Å². The van der Waals surface area contributed by atoms with Crippen LogP contribution < -0.4 is 0 Å². The predicted molar refractivity (Wildman–Crippen MR) is 93.8 cm³/mol. The standard InChI is InChI=1S/C18H11ClF5N5/c19-14-5-11(17-25-1-2-28(17)27-14)9-3-8(9)10-4-13(20)12-6-26-29(7-18(22,23)24)16(12)15(10)21/h1-2,4-6,8-9H,3,7H2/t8?,9-/m0/s1. The second-order valence-corrected chi connectivity index (χ2v) is 7.40. The van der Waals surface area contributed by atoms with Gasteiger partial charge in [0.25, 0.3) is 0 Å². The zero-order valence-corrected chi connectivity index (χ0v) is 15.2. The van der Waals surface area contributed by atoms with E-state index in [0.717, 1.165) is 17.8 Å². The highest BCUT2D eigenvalue weighted by Gasteiger charge is 2.44. The molecule has 0 spiro atoms. The van der Waals surface area contributed by atoms with Crippen LogP contribution in [0.3, 0.4) is 0 Å². The van der Waals surface area contributed by atoms with E-state index in [1.807, 2.05) is 0 Å². The molecule has 0 N–H and O–H groups in total. The van der Waals surface area contributed by atoms with Gasteiger partial charge in [0.1, 0.15) is 23.0 Å². The second kappa shape index (κ2) is 6.12. The number of imidazole rings is 1. The molecule has 0 radical (unpaired) electrons. The molecule has 1 aliphatic rings. The molecule has 150 valence electrons. The molecule has 0 bridgehead atoms. The first-order valence-electron chi connectivity index (χ1n) is 8.63. The van der Waals surface area contributed by atoms with Crippen LogP contribution in [0.15, 0.2) is 30.7 Å². The lowest BCUT2D eigenvalue weighted by Crippen LogP contribution is -2.19. The van der Waals surface area contributed by atoms with E-state index in [-0.39, 0.29) is 22.0 Å². The first-order chi connectivity index (χ1) is 13.7. The number of benzene rings is 1. The van der Waals surface area contributed by atoms with Gasteiger partial charge in [-0.15, -0.1) is 0 Å². The fourth-order valence-corrected chi connectivity index (χ4v) is 4.03. The van der Waals surface area contributed by atoms with Crippen molar-refractivity contribution in [2.45, 2.75) is 31.0 Å². The lowest BCUT2D eigenvalue weighted by atomic mass is 10.0. The Bertz CT molecular complexity index is 1260. The highest BCUT2D eigenvalue weighted by atomic mass is 35.5. The van der Waals surface area contributed by atoms with Gasteiger partial charge in [-0.1, -0.05) is 11.6 Å². The number of halogens is 6. The summed E-state index contributed by atoms with van der Waals surface area (Å²) in [6.45, 7) is -1.50. The minimum absolute atomic E-state index is 0.0153. The molecule has 1 aromatic carbocycles. The third-order valence-corrected chi connectivity index (χ3v) is 5.30. The fraction of sp³-hybridized carbons (Fsp3) is 0.278. The van der Waals surface area contributed by atoms with Crippen molar-refractivity contribution in [3.63, 3.8) is 0 Å². The van der Waals surface area contributed by atoms with E-state index >= 15 is 4.39 Å². The Hall–Kier alpha value is -2.75. The molecule has 4 aromatic rings. The highest BCUT2D eigenvalue weighted by Crippen LogP contribution is 2.56. The molecule has 5 rings (SSSR count). The predicted octanol–water partition coefficient (Wildman–Crippen LogP) is 4.84. The summed E-state index contributed by atoms with van der Waals surface area (Å²) < 4.78 is 70.0. The molecule has 0 aliphatic heterocycles. The molecular formula is C18H11ClF5N5. The quantitative estimate of drug-likeness (QED) is 0.439. The van der Waals surface area contributed by atoms with Crippen LogP contribution in [0.1, 0.15) is 29.4 Å². The first-order valence-corrected chi connectivity index (χ1v) is 9.00. The third-order valence-electron chi connectivity index (χ3n) is 5.12. The second-order valence-electron chi connectivity index (χ2n) is 7.01. The Kier molecular flexibility index (Phi) is 3.86. The van der Waals surface area contributed by atoms with Crippen molar-refractivity contribution in [2.24, 2.45) is 0 Å². The monoisotopic (exact) mass is 427 g/mol. The Morgan fingerprint density at radius 2 is 1.90 bits per heavy atom. The number of nitrogens with zero attached hydrogens (tertiary/aromatic N) is 5. The van der Waals surface area contributed by atoms with Crippen molar-refractivity contribution in [1.29, 1.82) is 0 Å². The zero-order valence-electron chi connectivity index (χ0n) is 14.5. The van der Waals surface area contributed by atoms with Crippen molar-refractivity contribution in [3.05, 3.63) is 58.6 Å². The summed E-state index contributed by atoms with van der Waals surface area (Å²) >= 11 is 6.04. The molecule has 1 fully saturated rings. The Morgan fingerprint density at radius 3 is 2.66 bits per heavy atom. The van der Waals surface area contributed by atoms with E-state index in [4.69, 9.17) is 11.6 Å². The molecule has 3 aromatic heterocycles. The Morgan fingerprint density at radius 1 is 1.14 bits per heavy atom. The number of fused-ring (bicyclic) bond motifs is 2. The van der Waals surface area contributed by atoms with Crippen molar-refractivity contribution in [1.82, 2.24) is 24.4 Å². The summed E-state index contributed by atoms with van der Waals surface area (Å²) in [6, 6.07) is 2.66. The van der Waals surface area contributed by atoms with Crippen LogP contribution in [0, 0.1) is 11.6 Å². The fourth-order valence-electron chi connectivity index (χ4n) is 3.83. The minimum atomic E-state index is -4.61. The summed E-state index contributed by atoms with van der Waals surface area (Å²) in [5.74, 6) is -2.32. The molecule has 29 heavy (non-hydrogen) atoms. The van der Waals surface area contributed by atoms with E-state index in [1.165, 1.54) is 4.52 Å². The first kappa shape index (κ1) is 18.3. The molecule has 1 aliphatic carbocycles. The van der Waals surface area contributed by atoms with E-state index in [0.29, 0.717) is 16.7 Å². The maximum Gasteiger partial charge on any atom is 0.408 e. The molecule has 2 atom stereocenters. The average Bonchev–Trinajstić information content (AvgIpc) is 3.06. The van der Waals surface area contributed by atoms with Crippen molar-refractivity contribution in [2.75, 3.05) is 0 Å². The number of rotatable bonds is 3. The number of hydrogen-bond acceptors (Lipinski definition) is 3. The van der Waals surface area contributed by atoms with Crippen LogP contribution in [0.2, 0.25) is 5.15 Å². The topological polar surface area (TPSA) is 48.0 Å². The van der Waals surface area contributed by atoms with Gasteiger partial charge in [0.05, 0.1) is 11.6 Å². The van der Waals surface area contributed by atoms with Gasteiger partial charge in [0.15, 0.2) is 11.5 Å². The van der Waals surface area contributed by atoms with Crippen LogP contribution in [0.4, 0.5) is 22.0 Å². The highest BCUT2D eigenvalue weighted by molar-refractivity contribution is 6.29. The largest absolute Gasteiger partial charge is 0.408 e. The van der Waals surface area contributed by atoms with Crippen molar-refractivity contribution in [3.8, 4) is 0 Å². The molecule has 1 unspecified atom stereocenters. The van der Waals surface area contributed by atoms with Crippen molar-refractivity contribution < 1.29 is 22.0 Å². The summed E-state index contributed by atoms with van der Waals surface area (Å²) in [5.41, 5.74) is 0.804. The summed E-state index contributed by atoms with van der Waals surface area (Å²) in [6.07, 6.45) is -0.0613. The van der Waals surface area contributed by atoms with Crippen LogP contribution in [0.5, 0.6) is 0 Å². The summed E-state index contributed by atoms with van der Waals surface area (Å²) in [7, 11) is 0. The summed E-state index contributed by atoms with van der Waals surface area (Å²) in [5, 5.41) is 7.55. The lowest BCUT2D eigenvalue weighted by molar-refractivity contribution is -0.141. The third kappa shape index (κ3) is 3.02. The molecule has 0 amide bonds. The smallest absolute Gasteiger partial charge is 0.253 e. The zero-order chi connectivity index (χ0) is 20.5. The van der Waals surface area contributed by atoms with Crippen LogP contribution in [-0.2, 0) is 6.54 Å². The van der Waals surface area contributed by atoms with Gasteiger partial charge < -0.3 is 0 Å². The normalized spacial score (nSPS) is 19.4. The van der Waals surface area contributed by atoms with Gasteiger partial charge in [-0.2, -0.15) is 23.4 Å². The molecular weight excluding hydrogens is 417 g/mol. The van der Waals surface area contributed by atoms with Crippen molar-refractivity contribution >= 4 is 28.2 Å². The molecule has 1 saturated carbocycles. The van der Waals surface area contributed by atoms with Gasteiger partial charge in [0.2, 0.25) is 0 Å².